The van der Waals surface area contributed by atoms with Crippen molar-refractivity contribution in [2.45, 2.75) is 0 Å². The Morgan fingerprint density at radius 2 is 2.27 bits per heavy atom. The van der Waals surface area contributed by atoms with Crippen LogP contribution in [0.1, 0.15) is 0 Å². The van der Waals surface area contributed by atoms with E-state index in [1.807, 2.05) is 23.7 Å². The summed E-state index contributed by atoms with van der Waals surface area (Å²) in [6.45, 7) is 0. The average Bonchev–Trinajstić information content (AvgIpc) is 2.33. The Bertz CT molecular complexity index is 288. The standard InChI is InChI=1S/C7H4NS.CH3.V/c1-2-4-7-6(3-1)8-5-9-7;;/h1-2,4-5H;1H3;/q2*-1;+2. The second-order valence-electron chi connectivity index (χ2n) is 1.74. The molecule has 0 saturated carbocycles. The van der Waals surface area contributed by atoms with E-state index in [0.717, 1.165) is 5.52 Å². The zero-order valence-corrected chi connectivity index (χ0v) is 8.33. The summed E-state index contributed by atoms with van der Waals surface area (Å²) < 4.78 is 1.21. The number of nitrogens with zero attached hydrogens (tertiary/aromatic N) is 1. The van der Waals surface area contributed by atoms with Crippen LogP contribution in [0.3, 0.4) is 0 Å². The summed E-state index contributed by atoms with van der Waals surface area (Å²) in [7, 11) is 0. The van der Waals surface area contributed by atoms with Gasteiger partial charge in [-0.05, 0) is 5.52 Å². The van der Waals surface area contributed by atoms with E-state index in [9.17, 15) is 0 Å². The second kappa shape index (κ2) is 4.55. The van der Waals surface area contributed by atoms with Crippen LogP contribution in [0.25, 0.3) is 10.2 Å². The normalized spacial score (nSPS) is 8.36. The molecule has 55 valence electrons. The third-order valence-corrected chi connectivity index (χ3v) is 1.95. The molecule has 11 heavy (non-hydrogen) atoms. The molecule has 0 aliphatic heterocycles. The van der Waals surface area contributed by atoms with E-state index in [1.54, 1.807) is 11.3 Å². The van der Waals surface area contributed by atoms with Crippen LogP contribution in [0.4, 0.5) is 0 Å². The molecule has 0 aliphatic carbocycles. The maximum Gasteiger partial charge on any atom is 2.00 e. The van der Waals surface area contributed by atoms with Gasteiger partial charge in [0, 0.05) is 0 Å². The number of rotatable bonds is 0. The summed E-state index contributed by atoms with van der Waals surface area (Å²) in [5.74, 6) is 0. The number of benzene rings is 1. The fraction of sp³-hybridized carbons (Fsp3) is 0. The summed E-state index contributed by atoms with van der Waals surface area (Å²) in [5, 5.41) is 0. The minimum atomic E-state index is 0. The molecular weight excluding hydrogens is 193 g/mol. The number of aromatic nitrogens is 1. The summed E-state index contributed by atoms with van der Waals surface area (Å²) in [5.41, 5.74) is 2.81. The maximum atomic E-state index is 4.08. The minimum absolute atomic E-state index is 0. The number of fused-ring (bicyclic) bond motifs is 1. The first-order valence-corrected chi connectivity index (χ1v) is 3.55. The molecule has 1 radical (unpaired) electrons. The van der Waals surface area contributed by atoms with Gasteiger partial charge in [0.25, 0.3) is 0 Å². The van der Waals surface area contributed by atoms with Gasteiger partial charge < -0.3 is 7.43 Å². The molecular formula is C8H7NSV. The van der Waals surface area contributed by atoms with Crippen molar-refractivity contribution >= 4 is 21.6 Å². The number of thiazole rings is 1. The fourth-order valence-corrected chi connectivity index (χ4v) is 1.40. The first kappa shape index (κ1) is 10.7. The Morgan fingerprint density at radius 1 is 1.45 bits per heavy atom. The smallest absolute Gasteiger partial charge is 0.358 e. The van der Waals surface area contributed by atoms with E-state index in [0.29, 0.717) is 0 Å². The van der Waals surface area contributed by atoms with Crippen LogP contribution in [-0.2, 0) is 18.6 Å². The molecule has 0 fully saturated rings. The Labute approximate surface area is 82.4 Å². The maximum absolute atomic E-state index is 4.08. The monoisotopic (exact) mass is 200 g/mol. The minimum Gasteiger partial charge on any atom is -0.358 e. The fourth-order valence-electron chi connectivity index (χ4n) is 0.744. The van der Waals surface area contributed by atoms with Crippen molar-refractivity contribution in [1.29, 1.82) is 0 Å². The van der Waals surface area contributed by atoms with Crippen LogP contribution in [0.5, 0.6) is 0 Å². The van der Waals surface area contributed by atoms with Gasteiger partial charge in [-0.15, -0.1) is 0 Å². The van der Waals surface area contributed by atoms with Crippen molar-refractivity contribution < 1.29 is 18.6 Å². The van der Waals surface area contributed by atoms with E-state index in [1.165, 1.54) is 4.70 Å². The zero-order chi connectivity index (χ0) is 6.10. The van der Waals surface area contributed by atoms with Gasteiger partial charge >= 0.3 is 18.6 Å². The van der Waals surface area contributed by atoms with Gasteiger partial charge in [-0.1, -0.05) is 4.70 Å². The molecule has 0 atom stereocenters. The first-order chi connectivity index (χ1) is 4.47. The molecule has 0 amide bonds. The average molecular weight is 200 g/mol. The van der Waals surface area contributed by atoms with E-state index >= 15 is 0 Å². The van der Waals surface area contributed by atoms with Crippen molar-refractivity contribution in [3.63, 3.8) is 0 Å². The molecule has 3 heteroatoms. The van der Waals surface area contributed by atoms with E-state index in [-0.39, 0.29) is 26.0 Å². The van der Waals surface area contributed by atoms with Gasteiger partial charge in [0.1, 0.15) is 0 Å². The van der Waals surface area contributed by atoms with Gasteiger partial charge in [-0.2, -0.15) is 35.6 Å². The summed E-state index contributed by atoms with van der Waals surface area (Å²) in [6.07, 6.45) is 0. The Balaban J connectivity index is 0.000000500. The Morgan fingerprint density at radius 3 is 3.00 bits per heavy atom. The van der Waals surface area contributed by atoms with Gasteiger partial charge in [0.15, 0.2) is 0 Å². The van der Waals surface area contributed by atoms with Crippen molar-refractivity contribution in [3.8, 4) is 0 Å². The predicted octanol–water partition coefficient (Wildman–Crippen LogP) is 2.54. The first-order valence-electron chi connectivity index (χ1n) is 2.67. The van der Waals surface area contributed by atoms with Crippen LogP contribution in [0.2, 0.25) is 0 Å². The van der Waals surface area contributed by atoms with E-state index in [2.05, 4.69) is 11.1 Å². The largest absolute Gasteiger partial charge is 2.00 e. The Kier molecular flexibility index (Phi) is 4.42. The molecule has 0 bridgehead atoms. The van der Waals surface area contributed by atoms with Crippen LogP contribution >= 0.6 is 11.3 Å². The van der Waals surface area contributed by atoms with Crippen molar-refractivity contribution in [1.82, 2.24) is 4.98 Å². The third-order valence-electron chi connectivity index (χ3n) is 1.16. The summed E-state index contributed by atoms with van der Waals surface area (Å²) in [4.78, 5) is 4.08. The molecule has 0 N–H and O–H groups in total. The van der Waals surface area contributed by atoms with Crippen molar-refractivity contribution in [3.05, 3.63) is 37.2 Å². The SMILES string of the molecule is [CH3-].[V+2].[c-]1cccc2scnc12. The summed E-state index contributed by atoms with van der Waals surface area (Å²) in [6, 6.07) is 8.93. The molecule has 0 aliphatic rings. The van der Waals surface area contributed by atoms with Crippen LogP contribution < -0.4 is 0 Å². The number of hydrogen-bond acceptors (Lipinski definition) is 2. The number of hydrogen-bond donors (Lipinski definition) is 0. The van der Waals surface area contributed by atoms with Gasteiger partial charge in [0.2, 0.25) is 0 Å². The van der Waals surface area contributed by atoms with E-state index < -0.39 is 0 Å². The molecule has 1 heterocycles. The van der Waals surface area contributed by atoms with Crippen LogP contribution in [0, 0.1) is 13.5 Å². The van der Waals surface area contributed by atoms with Gasteiger partial charge in [-0.3, -0.25) is 4.98 Å². The molecule has 1 aromatic carbocycles. The molecule has 1 aromatic heterocycles. The Hall–Kier alpha value is -0.306. The van der Waals surface area contributed by atoms with Crippen LogP contribution in [-0.4, -0.2) is 4.98 Å². The van der Waals surface area contributed by atoms with Crippen molar-refractivity contribution in [2.24, 2.45) is 0 Å². The van der Waals surface area contributed by atoms with Crippen molar-refractivity contribution in [2.75, 3.05) is 0 Å². The summed E-state index contributed by atoms with van der Waals surface area (Å²) >= 11 is 1.64. The molecule has 0 spiro atoms. The second-order valence-corrected chi connectivity index (χ2v) is 2.62. The zero-order valence-electron chi connectivity index (χ0n) is 6.11. The van der Waals surface area contributed by atoms with Crippen LogP contribution in [0.15, 0.2) is 23.7 Å². The van der Waals surface area contributed by atoms with E-state index in [4.69, 9.17) is 0 Å². The van der Waals surface area contributed by atoms with Gasteiger partial charge in [-0.25, -0.2) is 0 Å². The predicted molar refractivity (Wildman–Crippen MR) is 44.9 cm³/mol. The van der Waals surface area contributed by atoms with Gasteiger partial charge in [0.05, 0.1) is 5.51 Å². The quantitative estimate of drug-likeness (QED) is 0.595. The topological polar surface area (TPSA) is 12.9 Å². The molecule has 0 unspecified atom stereocenters. The molecule has 0 saturated heterocycles. The number of para-hydroxylation sites is 1. The third kappa shape index (κ3) is 2.06. The molecule has 1 nitrogen and oxygen atoms in total. The molecule has 2 aromatic rings. The molecule has 2 rings (SSSR count).